The minimum atomic E-state index is 0.0867. The summed E-state index contributed by atoms with van der Waals surface area (Å²) >= 11 is 1.40. The topological polar surface area (TPSA) is 54.9 Å². The molecule has 0 aliphatic heterocycles. The molecule has 1 aliphatic rings. The van der Waals surface area contributed by atoms with Crippen LogP contribution in [0.2, 0.25) is 0 Å². The number of aromatic nitrogens is 2. The van der Waals surface area contributed by atoms with E-state index in [1.165, 1.54) is 31.0 Å². The lowest BCUT2D eigenvalue weighted by Crippen LogP contribution is -2.37. The third kappa shape index (κ3) is 3.94. The molecule has 0 saturated heterocycles. The molecular formula is C16H19N3OS. The SMILES string of the molecule is O=C(CSc1ncc2ccccc2n1)NC1CCCCC1. The molecule has 1 aromatic heterocycles. The second kappa shape index (κ2) is 6.89. The van der Waals surface area contributed by atoms with Crippen molar-refractivity contribution in [1.29, 1.82) is 0 Å². The number of rotatable bonds is 4. The Morgan fingerprint density at radius 3 is 2.90 bits per heavy atom. The monoisotopic (exact) mass is 301 g/mol. The third-order valence-electron chi connectivity index (χ3n) is 3.77. The number of hydrogen-bond acceptors (Lipinski definition) is 4. The number of para-hydroxylation sites is 1. The van der Waals surface area contributed by atoms with E-state index in [0.717, 1.165) is 23.7 Å². The zero-order chi connectivity index (χ0) is 14.5. The number of nitrogens with one attached hydrogen (secondary N) is 1. The lowest BCUT2D eigenvalue weighted by Gasteiger charge is -2.22. The molecule has 0 radical (unpaired) electrons. The average Bonchev–Trinajstić information content (AvgIpc) is 2.54. The number of carbonyl (C=O) groups is 1. The van der Waals surface area contributed by atoms with E-state index in [4.69, 9.17) is 0 Å². The molecule has 5 heteroatoms. The Bertz CT molecular complexity index is 626. The standard InChI is InChI=1S/C16H19N3OS/c20-15(18-13-7-2-1-3-8-13)11-21-16-17-10-12-6-4-5-9-14(12)19-16/h4-6,9-10,13H,1-3,7-8,11H2,(H,18,20). The minimum Gasteiger partial charge on any atom is -0.353 e. The molecule has 110 valence electrons. The van der Waals surface area contributed by atoms with Crippen LogP contribution in [-0.2, 0) is 4.79 Å². The summed E-state index contributed by atoms with van der Waals surface area (Å²) in [6.07, 6.45) is 7.79. The maximum atomic E-state index is 12.0. The van der Waals surface area contributed by atoms with E-state index in [-0.39, 0.29) is 5.91 Å². The molecule has 4 nitrogen and oxygen atoms in total. The fourth-order valence-corrected chi connectivity index (χ4v) is 3.30. The van der Waals surface area contributed by atoms with Gasteiger partial charge in [-0.1, -0.05) is 49.2 Å². The van der Waals surface area contributed by atoms with E-state index in [1.807, 2.05) is 30.5 Å². The lowest BCUT2D eigenvalue weighted by molar-refractivity contribution is -0.119. The van der Waals surface area contributed by atoms with Crippen LogP contribution in [0.3, 0.4) is 0 Å². The Labute approximate surface area is 128 Å². The molecule has 1 heterocycles. The van der Waals surface area contributed by atoms with E-state index < -0.39 is 0 Å². The van der Waals surface area contributed by atoms with Crippen molar-refractivity contribution >= 4 is 28.6 Å². The molecular weight excluding hydrogens is 282 g/mol. The van der Waals surface area contributed by atoms with E-state index in [0.29, 0.717) is 17.0 Å². The molecule has 3 rings (SSSR count). The Morgan fingerprint density at radius 2 is 2.05 bits per heavy atom. The minimum absolute atomic E-state index is 0.0867. The second-order valence-corrected chi connectivity index (χ2v) is 6.35. The number of thioether (sulfide) groups is 1. The Morgan fingerprint density at radius 1 is 1.24 bits per heavy atom. The third-order valence-corrected chi connectivity index (χ3v) is 4.63. The quantitative estimate of drug-likeness (QED) is 0.696. The summed E-state index contributed by atoms with van der Waals surface area (Å²) in [5.74, 6) is 0.470. The molecule has 1 amide bonds. The highest BCUT2D eigenvalue weighted by molar-refractivity contribution is 7.99. The summed E-state index contributed by atoms with van der Waals surface area (Å²) in [6, 6.07) is 8.24. The number of hydrogen-bond donors (Lipinski definition) is 1. The van der Waals surface area contributed by atoms with E-state index in [1.54, 1.807) is 0 Å². The fourth-order valence-electron chi connectivity index (χ4n) is 2.67. The molecule has 0 atom stereocenters. The summed E-state index contributed by atoms with van der Waals surface area (Å²) in [4.78, 5) is 20.7. The zero-order valence-electron chi connectivity index (χ0n) is 11.9. The molecule has 2 aromatic rings. The van der Waals surface area contributed by atoms with Crippen molar-refractivity contribution < 1.29 is 4.79 Å². The van der Waals surface area contributed by atoms with Crippen LogP contribution in [0, 0.1) is 0 Å². The molecule has 1 N–H and O–H groups in total. The summed E-state index contributed by atoms with van der Waals surface area (Å²) < 4.78 is 0. The van der Waals surface area contributed by atoms with Gasteiger partial charge in [0.1, 0.15) is 0 Å². The molecule has 0 spiro atoms. The Kier molecular flexibility index (Phi) is 4.70. The number of carbonyl (C=O) groups excluding carboxylic acids is 1. The van der Waals surface area contributed by atoms with E-state index in [9.17, 15) is 4.79 Å². The Balaban J connectivity index is 1.54. The van der Waals surface area contributed by atoms with Crippen LogP contribution in [0.5, 0.6) is 0 Å². The van der Waals surface area contributed by atoms with Gasteiger partial charge in [0, 0.05) is 17.6 Å². The van der Waals surface area contributed by atoms with Crippen molar-refractivity contribution in [1.82, 2.24) is 15.3 Å². The summed E-state index contributed by atoms with van der Waals surface area (Å²) in [7, 11) is 0. The van der Waals surface area contributed by atoms with Gasteiger partial charge >= 0.3 is 0 Å². The van der Waals surface area contributed by atoms with Crippen LogP contribution in [0.4, 0.5) is 0 Å². The van der Waals surface area contributed by atoms with Crippen molar-refractivity contribution in [3.8, 4) is 0 Å². The van der Waals surface area contributed by atoms with Gasteiger partial charge < -0.3 is 5.32 Å². The first-order valence-electron chi connectivity index (χ1n) is 7.45. The van der Waals surface area contributed by atoms with Gasteiger partial charge in [-0.05, 0) is 18.9 Å². The lowest BCUT2D eigenvalue weighted by atomic mass is 9.95. The van der Waals surface area contributed by atoms with Crippen molar-refractivity contribution in [3.05, 3.63) is 30.5 Å². The summed E-state index contributed by atoms with van der Waals surface area (Å²) in [6.45, 7) is 0. The highest BCUT2D eigenvalue weighted by Gasteiger charge is 2.15. The van der Waals surface area contributed by atoms with Gasteiger partial charge in [-0.3, -0.25) is 4.79 Å². The van der Waals surface area contributed by atoms with Gasteiger partial charge in [0.05, 0.1) is 11.3 Å². The van der Waals surface area contributed by atoms with E-state index in [2.05, 4.69) is 15.3 Å². The van der Waals surface area contributed by atoms with Crippen molar-refractivity contribution in [3.63, 3.8) is 0 Å². The molecule has 1 fully saturated rings. The fraction of sp³-hybridized carbons (Fsp3) is 0.438. The number of benzene rings is 1. The van der Waals surface area contributed by atoms with Crippen molar-refractivity contribution in [2.45, 2.75) is 43.3 Å². The second-order valence-electron chi connectivity index (χ2n) is 5.40. The molecule has 0 unspecified atom stereocenters. The van der Waals surface area contributed by atoms with Crippen LogP contribution >= 0.6 is 11.8 Å². The molecule has 21 heavy (non-hydrogen) atoms. The van der Waals surface area contributed by atoms with Crippen LogP contribution < -0.4 is 5.32 Å². The van der Waals surface area contributed by atoms with Crippen LogP contribution in [0.25, 0.3) is 10.9 Å². The normalized spacial score (nSPS) is 16.0. The van der Waals surface area contributed by atoms with Crippen molar-refractivity contribution in [2.75, 3.05) is 5.75 Å². The van der Waals surface area contributed by atoms with E-state index >= 15 is 0 Å². The number of fused-ring (bicyclic) bond motifs is 1. The molecule has 1 aliphatic carbocycles. The van der Waals surface area contributed by atoms with Gasteiger partial charge in [-0.15, -0.1) is 0 Å². The van der Waals surface area contributed by atoms with Gasteiger partial charge in [-0.25, -0.2) is 9.97 Å². The maximum absolute atomic E-state index is 12.0. The molecule has 1 saturated carbocycles. The van der Waals surface area contributed by atoms with Gasteiger partial charge in [0.25, 0.3) is 0 Å². The molecule has 0 bridgehead atoms. The van der Waals surface area contributed by atoms with Gasteiger partial charge in [0.15, 0.2) is 5.16 Å². The first-order valence-corrected chi connectivity index (χ1v) is 8.44. The van der Waals surface area contributed by atoms with Crippen LogP contribution in [0.1, 0.15) is 32.1 Å². The van der Waals surface area contributed by atoms with Gasteiger partial charge in [0.2, 0.25) is 5.91 Å². The number of nitrogens with zero attached hydrogens (tertiary/aromatic N) is 2. The largest absolute Gasteiger partial charge is 0.353 e. The molecule has 1 aromatic carbocycles. The zero-order valence-corrected chi connectivity index (χ0v) is 12.7. The first kappa shape index (κ1) is 14.3. The predicted molar refractivity (Wildman–Crippen MR) is 85.3 cm³/mol. The van der Waals surface area contributed by atoms with Crippen molar-refractivity contribution in [2.24, 2.45) is 0 Å². The summed E-state index contributed by atoms with van der Waals surface area (Å²) in [5.41, 5.74) is 0.919. The summed E-state index contributed by atoms with van der Waals surface area (Å²) in [5, 5.41) is 4.79. The maximum Gasteiger partial charge on any atom is 0.230 e. The van der Waals surface area contributed by atoms with Crippen LogP contribution in [-0.4, -0.2) is 27.7 Å². The smallest absolute Gasteiger partial charge is 0.230 e. The van der Waals surface area contributed by atoms with Crippen LogP contribution in [0.15, 0.2) is 35.6 Å². The highest BCUT2D eigenvalue weighted by Crippen LogP contribution is 2.19. The number of amides is 1. The first-order chi connectivity index (χ1) is 10.3. The van der Waals surface area contributed by atoms with Gasteiger partial charge in [-0.2, -0.15) is 0 Å². The Hall–Kier alpha value is -1.62. The average molecular weight is 301 g/mol. The predicted octanol–water partition coefficient (Wildman–Crippen LogP) is 3.17. The highest BCUT2D eigenvalue weighted by atomic mass is 32.2.